The zero-order valence-corrected chi connectivity index (χ0v) is 6.20. The van der Waals surface area contributed by atoms with Crippen molar-refractivity contribution in [3.63, 3.8) is 0 Å². The van der Waals surface area contributed by atoms with Gasteiger partial charge in [-0.3, -0.25) is 0 Å². The first-order valence-corrected chi connectivity index (χ1v) is 3.41. The van der Waals surface area contributed by atoms with Crippen molar-refractivity contribution in [2.24, 2.45) is 17.4 Å². The molecule has 4 heteroatoms. The predicted octanol–water partition coefficient (Wildman–Crippen LogP) is -1.39. The summed E-state index contributed by atoms with van der Waals surface area (Å²) in [7, 11) is 0. The van der Waals surface area contributed by atoms with E-state index in [4.69, 9.17) is 21.7 Å². The summed E-state index contributed by atoms with van der Waals surface area (Å²) in [5, 5.41) is 18.0. The van der Waals surface area contributed by atoms with Crippen LogP contribution in [0.25, 0.3) is 0 Å². The van der Waals surface area contributed by atoms with E-state index in [-0.39, 0.29) is 5.92 Å². The highest BCUT2D eigenvalue weighted by Crippen LogP contribution is 2.07. The Morgan fingerprint density at radius 2 is 1.90 bits per heavy atom. The van der Waals surface area contributed by atoms with Crippen LogP contribution in [-0.2, 0) is 0 Å². The van der Waals surface area contributed by atoms with Crippen molar-refractivity contribution in [1.82, 2.24) is 0 Å². The Hall–Kier alpha value is -0.160. The first kappa shape index (κ1) is 9.84. The van der Waals surface area contributed by atoms with Crippen LogP contribution in [0, 0.1) is 5.92 Å². The quantitative estimate of drug-likeness (QED) is 0.369. The number of hydrogen-bond acceptors (Lipinski definition) is 4. The van der Waals surface area contributed by atoms with Crippen molar-refractivity contribution in [3.8, 4) is 0 Å². The minimum atomic E-state index is -0.957. The van der Waals surface area contributed by atoms with E-state index in [1.807, 2.05) is 0 Å². The molecule has 3 atom stereocenters. The number of aliphatic hydroxyl groups excluding tert-OH is 2. The van der Waals surface area contributed by atoms with Gasteiger partial charge in [0, 0.05) is 5.92 Å². The van der Waals surface area contributed by atoms with Gasteiger partial charge in [-0.15, -0.1) is 0 Å². The van der Waals surface area contributed by atoms with E-state index in [2.05, 4.69) is 0 Å². The fraction of sp³-hybridized carbons (Fsp3) is 1.00. The van der Waals surface area contributed by atoms with E-state index in [1.54, 1.807) is 6.92 Å². The van der Waals surface area contributed by atoms with E-state index in [0.29, 0.717) is 13.0 Å². The first-order chi connectivity index (χ1) is 4.59. The lowest BCUT2D eigenvalue weighted by molar-refractivity contribution is 0.0225. The molecule has 6 N–H and O–H groups in total. The molecule has 0 aromatic heterocycles. The molecule has 0 aromatic carbocycles. The Kier molecular flexibility index (Phi) is 4.55. The van der Waals surface area contributed by atoms with Crippen LogP contribution in [0.1, 0.15) is 13.3 Å². The molecule has 62 valence electrons. The van der Waals surface area contributed by atoms with Crippen LogP contribution in [0.15, 0.2) is 0 Å². The van der Waals surface area contributed by atoms with Gasteiger partial charge in [0.2, 0.25) is 0 Å². The molecule has 3 unspecified atom stereocenters. The van der Waals surface area contributed by atoms with Gasteiger partial charge < -0.3 is 21.7 Å². The number of hydrogen-bond donors (Lipinski definition) is 4. The van der Waals surface area contributed by atoms with Crippen molar-refractivity contribution in [3.05, 3.63) is 0 Å². The fourth-order valence-electron chi connectivity index (χ4n) is 0.661. The largest absolute Gasteiger partial charge is 0.393 e. The van der Waals surface area contributed by atoms with Crippen molar-refractivity contribution >= 4 is 0 Å². The number of aliphatic hydroxyl groups is 2. The van der Waals surface area contributed by atoms with Crippen LogP contribution < -0.4 is 11.5 Å². The summed E-state index contributed by atoms with van der Waals surface area (Å²) in [4.78, 5) is 0. The van der Waals surface area contributed by atoms with E-state index in [1.165, 1.54) is 0 Å². The zero-order chi connectivity index (χ0) is 8.15. The molecule has 0 heterocycles. The summed E-state index contributed by atoms with van der Waals surface area (Å²) < 4.78 is 0. The van der Waals surface area contributed by atoms with E-state index >= 15 is 0 Å². The van der Waals surface area contributed by atoms with E-state index in [0.717, 1.165) is 0 Å². The molecule has 4 nitrogen and oxygen atoms in total. The Morgan fingerprint density at radius 3 is 2.20 bits per heavy atom. The maximum Gasteiger partial charge on any atom is 0.107 e. The lowest BCUT2D eigenvalue weighted by Crippen LogP contribution is -2.36. The third-order valence-corrected chi connectivity index (χ3v) is 1.61. The topological polar surface area (TPSA) is 92.5 Å². The van der Waals surface area contributed by atoms with Gasteiger partial charge in [-0.2, -0.15) is 0 Å². The molecular formula is C6H16N2O2. The molecule has 0 aliphatic heterocycles. The number of nitrogens with two attached hydrogens (primary N) is 2. The second-order valence-electron chi connectivity index (χ2n) is 2.49. The predicted molar refractivity (Wildman–Crippen MR) is 39.0 cm³/mol. The van der Waals surface area contributed by atoms with Crippen molar-refractivity contribution in [2.45, 2.75) is 25.7 Å². The summed E-state index contributed by atoms with van der Waals surface area (Å²) in [6.45, 7) is 2.10. The Labute approximate surface area is 60.8 Å². The van der Waals surface area contributed by atoms with Crippen LogP contribution in [0.5, 0.6) is 0 Å². The van der Waals surface area contributed by atoms with Crippen molar-refractivity contribution in [1.29, 1.82) is 0 Å². The lowest BCUT2D eigenvalue weighted by atomic mass is 10.0. The van der Waals surface area contributed by atoms with E-state index < -0.39 is 12.3 Å². The first-order valence-electron chi connectivity index (χ1n) is 3.41. The average molecular weight is 148 g/mol. The van der Waals surface area contributed by atoms with Gasteiger partial charge in [-0.25, -0.2) is 0 Å². The maximum absolute atomic E-state index is 9.17. The molecule has 0 rings (SSSR count). The van der Waals surface area contributed by atoms with Gasteiger partial charge in [0.1, 0.15) is 6.23 Å². The average Bonchev–Trinajstić information content (AvgIpc) is 1.87. The standard InChI is InChI=1S/C6H16N2O2/c1-4(6(8)10)5(9)2-3-7/h4-6,9-10H,2-3,7-8H2,1H3. The van der Waals surface area contributed by atoms with Gasteiger partial charge in [0.15, 0.2) is 0 Å². The normalized spacial score (nSPS) is 20.1. The summed E-state index contributed by atoms with van der Waals surface area (Å²) in [5.74, 6) is -0.302. The van der Waals surface area contributed by atoms with Gasteiger partial charge >= 0.3 is 0 Å². The van der Waals surface area contributed by atoms with Crippen LogP contribution in [0.2, 0.25) is 0 Å². The SMILES string of the molecule is CC(C(N)O)C(O)CCN. The van der Waals surface area contributed by atoms with Gasteiger partial charge in [-0.05, 0) is 13.0 Å². The third kappa shape index (κ3) is 3.12. The highest BCUT2D eigenvalue weighted by molar-refractivity contribution is 4.68. The van der Waals surface area contributed by atoms with Crippen LogP contribution in [0.4, 0.5) is 0 Å². The van der Waals surface area contributed by atoms with Crippen LogP contribution in [-0.4, -0.2) is 29.1 Å². The smallest absolute Gasteiger partial charge is 0.107 e. The Balaban J connectivity index is 3.58. The third-order valence-electron chi connectivity index (χ3n) is 1.61. The molecule has 0 radical (unpaired) electrons. The minimum absolute atomic E-state index is 0.302. The molecule has 0 spiro atoms. The number of rotatable bonds is 4. The summed E-state index contributed by atoms with van der Waals surface area (Å²) in [6, 6.07) is 0. The zero-order valence-electron chi connectivity index (χ0n) is 6.20. The van der Waals surface area contributed by atoms with Crippen molar-refractivity contribution in [2.75, 3.05) is 6.54 Å². The highest BCUT2D eigenvalue weighted by Gasteiger charge is 2.17. The Bertz CT molecular complexity index is 87.8. The van der Waals surface area contributed by atoms with Gasteiger partial charge in [0.05, 0.1) is 6.10 Å². The molecule has 0 saturated heterocycles. The molecular weight excluding hydrogens is 132 g/mol. The fourth-order valence-corrected chi connectivity index (χ4v) is 0.661. The van der Waals surface area contributed by atoms with E-state index in [9.17, 15) is 0 Å². The highest BCUT2D eigenvalue weighted by atomic mass is 16.3. The second-order valence-corrected chi connectivity index (χ2v) is 2.49. The summed E-state index contributed by atoms with van der Waals surface area (Å²) >= 11 is 0. The maximum atomic E-state index is 9.17. The molecule has 0 bridgehead atoms. The van der Waals surface area contributed by atoms with Crippen LogP contribution >= 0.6 is 0 Å². The molecule has 10 heavy (non-hydrogen) atoms. The van der Waals surface area contributed by atoms with Gasteiger partial charge in [-0.1, -0.05) is 6.92 Å². The molecule has 0 aliphatic rings. The lowest BCUT2D eigenvalue weighted by Gasteiger charge is -2.20. The molecule has 0 saturated carbocycles. The molecule has 0 fully saturated rings. The summed E-state index contributed by atoms with van der Waals surface area (Å²) in [6.07, 6.45) is -1.07. The van der Waals surface area contributed by atoms with Crippen LogP contribution in [0.3, 0.4) is 0 Å². The summed E-state index contributed by atoms with van der Waals surface area (Å²) in [5.41, 5.74) is 10.3. The molecule has 0 aromatic rings. The van der Waals surface area contributed by atoms with Gasteiger partial charge in [0.25, 0.3) is 0 Å². The second kappa shape index (κ2) is 4.62. The molecule has 0 amide bonds. The minimum Gasteiger partial charge on any atom is -0.393 e. The Morgan fingerprint density at radius 1 is 1.40 bits per heavy atom. The molecule has 0 aliphatic carbocycles. The van der Waals surface area contributed by atoms with Crippen molar-refractivity contribution < 1.29 is 10.2 Å². The monoisotopic (exact) mass is 148 g/mol.